The number of carbonyl (C=O) groups excluding carboxylic acids is 1. The molecule has 0 aromatic rings. The summed E-state index contributed by atoms with van der Waals surface area (Å²) in [5, 5.41) is 0. The van der Waals surface area contributed by atoms with Gasteiger partial charge in [0.25, 0.3) is 0 Å². The van der Waals surface area contributed by atoms with Gasteiger partial charge in [-0.1, -0.05) is 0 Å². The van der Waals surface area contributed by atoms with Crippen LogP contribution in [0.15, 0.2) is 0 Å². The Hall–Kier alpha value is 0.0284. The van der Waals surface area contributed by atoms with Crippen LogP contribution in [0.1, 0.15) is 41.0 Å². The van der Waals surface area contributed by atoms with Crippen molar-refractivity contribution in [2.75, 3.05) is 0 Å². The molecule has 0 bridgehead atoms. The number of esters is 1. The fourth-order valence-electron chi connectivity index (χ4n) is 0.982. The standard InChI is InChI=1S/C10H21AsO2/c1-7(2)6-8(11)9(12)13-10(3,4)5/h7-8H,6,11H2,1-5H3. The van der Waals surface area contributed by atoms with Gasteiger partial charge in [0.2, 0.25) is 0 Å². The Kier molecular flexibility index (Phi) is 5.06. The van der Waals surface area contributed by atoms with Crippen molar-refractivity contribution in [3.05, 3.63) is 0 Å². The summed E-state index contributed by atoms with van der Waals surface area (Å²) in [7, 11) is 0. The van der Waals surface area contributed by atoms with Crippen molar-refractivity contribution < 1.29 is 9.53 Å². The molecule has 2 atom stereocenters. The van der Waals surface area contributed by atoms with E-state index >= 15 is 0 Å². The second-order valence-electron chi connectivity index (χ2n) is 4.77. The molecule has 0 radical (unpaired) electrons. The van der Waals surface area contributed by atoms with E-state index in [1.807, 2.05) is 20.8 Å². The molecule has 2 nitrogen and oxygen atoms in total. The first kappa shape index (κ1) is 13.0. The van der Waals surface area contributed by atoms with Crippen molar-refractivity contribution in [1.82, 2.24) is 0 Å². The summed E-state index contributed by atoms with van der Waals surface area (Å²) in [6.45, 7) is 9.95. The topological polar surface area (TPSA) is 26.3 Å². The summed E-state index contributed by atoms with van der Waals surface area (Å²) in [5.74, 6) is 0.505. The summed E-state index contributed by atoms with van der Waals surface area (Å²) in [6, 6.07) is 0. The van der Waals surface area contributed by atoms with Gasteiger partial charge in [0, 0.05) is 0 Å². The second kappa shape index (κ2) is 5.05. The summed E-state index contributed by atoms with van der Waals surface area (Å²) < 4.78 is 5.35. The van der Waals surface area contributed by atoms with E-state index in [1.165, 1.54) is 16.9 Å². The average Bonchev–Trinajstić information content (AvgIpc) is 1.81. The number of hydrogen-bond acceptors (Lipinski definition) is 2. The van der Waals surface area contributed by atoms with Crippen LogP contribution in [-0.2, 0) is 9.53 Å². The fraction of sp³-hybridized carbons (Fsp3) is 0.900. The zero-order valence-electron chi connectivity index (χ0n) is 9.26. The fourth-order valence-corrected chi connectivity index (χ4v) is 2.27. The van der Waals surface area contributed by atoms with E-state index in [1.54, 1.807) is 0 Å². The normalized spacial score (nSPS) is 14.4. The Labute approximate surface area is 89.9 Å². The van der Waals surface area contributed by atoms with Crippen LogP contribution < -0.4 is 0 Å². The Balaban J connectivity index is 3.97. The summed E-state index contributed by atoms with van der Waals surface area (Å²) in [4.78, 5) is 11.5. The molecule has 0 N–H and O–H groups in total. The molecule has 0 aliphatic carbocycles. The minimum absolute atomic E-state index is 0.0544. The van der Waals surface area contributed by atoms with Crippen LogP contribution >= 0.6 is 0 Å². The van der Waals surface area contributed by atoms with Gasteiger partial charge in [-0.15, -0.1) is 0 Å². The van der Waals surface area contributed by atoms with Crippen molar-refractivity contribution in [3.63, 3.8) is 0 Å². The van der Waals surface area contributed by atoms with Crippen LogP contribution in [-0.4, -0.2) is 28.4 Å². The van der Waals surface area contributed by atoms with Gasteiger partial charge in [0.1, 0.15) is 0 Å². The van der Waals surface area contributed by atoms with Crippen LogP contribution in [0.25, 0.3) is 0 Å². The zero-order chi connectivity index (χ0) is 10.6. The average molecular weight is 248 g/mol. The number of carbonyl (C=O) groups is 1. The van der Waals surface area contributed by atoms with Crippen LogP contribution in [0.2, 0.25) is 4.71 Å². The molecule has 0 aliphatic rings. The predicted octanol–water partition coefficient (Wildman–Crippen LogP) is 1.80. The van der Waals surface area contributed by atoms with Crippen LogP contribution in [0.5, 0.6) is 0 Å². The molecule has 3 heteroatoms. The van der Waals surface area contributed by atoms with E-state index in [-0.39, 0.29) is 16.3 Å². The van der Waals surface area contributed by atoms with Gasteiger partial charge in [-0.3, -0.25) is 0 Å². The van der Waals surface area contributed by atoms with Crippen molar-refractivity contribution in [2.45, 2.75) is 51.3 Å². The summed E-state index contributed by atoms with van der Waals surface area (Å²) in [6.07, 6.45) is 0.926. The molecule has 0 spiro atoms. The summed E-state index contributed by atoms with van der Waals surface area (Å²) in [5.41, 5.74) is -0.349. The van der Waals surface area contributed by atoms with Gasteiger partial charge in [-0.2, -0.15) is 0 Å². The molecule has 0 amide bonds. The molecule has 78 valence electrons. The molecule has 2 unspecified atom stereocenters. The Morgan fingerprint density at radius 3 is 2.15 bits per heavy atom. The van der Waals surface area contributed by atoms with E-state index in [0.717, 1.165) is 6.42 Å². The van der Waals surface area contributed by atoms with Crippen molar-refractivity contribution >= 4 is 22.8 Å². The van der Waals surface area contributed by atoms with E-state index in [0.29, 0.717) is 5.92 Å². The third-order valence-electron chi connectivity index (χ3n) is 1.43. The molecular formula is C10H21AsO2. The number of ether oxygens (including phenoxy) is 1. The third kappa shape index (κ3) is 7.13. The maximum atomic E-state index is 11.5. The Bertz CT molecular complexity index is 170. The molecule has 0 fully saturated rings. The van der Waals surface area contributed by atoms with E-state index in [9.17, 15) is 4.79 Å². The van der Waals surface area contributed by atoms with Gasteiger partial charge in [-0.25, -0.2) is 0 Å². The van der Waals surface area contributed by atoms with Crippen molar-refractivity contribution in [3.8, 4) is 0 Å². The molecular weight excluding hydrogens is 227 g/mol. The van der Waals surface area contributed by atoms with Gasteiger partial charge < -0.3 is 0 Å². The first-order valence-electron chi connectivity index (χ1n) is 4.71. The zero-order valence-corrected chi connectivity index (χ0v) is 11.7. The molecule has 0 rings (SSSR count). The Morgan fingerprint density at radius 1 is 1.38 bits per heavy atom. The maximum absolute atomic E-state index is 11.5. The minimum atomic E-state index is -0.349. The SMILES string of the molecule is CC(C)CC([AsH2])C(=O)OC(C)(C)C. The number of rotatable bonds is 3. The molecule has 0 saturated carbocycles. The second-order valence-corrected chi connectivity index (χ2v) is 6.46. The van der Waals surface area contributed by atoms with E-state index in [2.05, 4.69) is 13.8 Å². The monoisotopic (exact) mass is 248 g/mol. The van der Waals surface area contributed by atoms with E-state index in [4.69, 9.17) is 4.74 Å². The van der Waals surface area contributed by atoms with Gasteiger partial charge in [0.15, 0.2) is 0 Å². The molecule has 0 saturated heterocycles. The van der Waals surface area contributed by atoms with E-state index < -0.39 is 0 Å². The van der Waals surface area contributed by atoms with Crippen molar-refractivity contribution in [1.29, 1.82) is 0 Å². The number of hydrogen-bond donors (Lipinski definition) is 0. The molecule has 0 aliphatic heterocycles. The van der Waals surface area contributed by atoms with Crippen molar-refractivity contribution in [2.24, 2.45) is 5.92 Å². The van der Waals surface area contributed by atoms with Gasteiger partial charge >= 0.3 is 89.6 Å². The molecule has 0 aromatic carbocycles. The van der Waals surface area contributed by atoms with Crippen LogP contribution in [0.3, 0.4) is 0 Å². The molecule has 0 aromatic heterocycles. The Morgan fingerprint density at radius 2 is 1.85 bits per heavy atom. The van der Waals surface area contributed by atoms with Gasteiger partial charge in [0.05, 0.1) is 0 Å². The first-order valence-corrected chi connectivity index (χ1v) is 6.10. The summed E-state index contributed by atoms with van der Waals surface area (Å²) >= 11 is 1.46. The van der Waals surface area contributed by atoms with Crippen LogP contribution in [0.4, 0.5) is 0 Å². The predicted molar refractivity (Wildman–Crippen MR) is 57.6 cm³/mol. The van der Waals surface area contributed by atoms with Crippen LogP contribution in [0, 0.1) is 5.92 Å². The quantitative estimate of drug-likeness (QED) is 0.562. The molecule has 0 heterocycles. The van der Waals surface area contributed by atoms with Gasteiger partial charge in [-0.05, 0) is 0 Å². The first-order chi connectivity index (χ1) is 5.72. The molecule has 13 heavy (non-hydrogen) atoms. The third-order valence-corrected chi connectivity index (χ3v) is 2.58.